The molecule has 1 heterocycles. The van der Waals surface area contributed by atoms with Crippen LogP contribution in [0.5, 0.6) is 0 Å². The van der Waals surface area contributed by atoms with E-state index >= 15 is 0 Å². The van der Waals surface area contributed by atoms with E-state index in [2.05, 4.69) is 27.2 Å². The molecule has 1 aliphatic rings. The van der Waals surface area contributed by atoms with Crippen molar-refractivity contribution in [3.63, 3.8) is 0 Å². The number of benzene rings is 3. The molecule has 0 saturated carbocycles. The van der Waals surface area contributed by atoms with Gasteiger partial charge in [-0.25, -0.2) is 9.59 Å². The first-order valence-corrected chi connectivity index (χ1v) is 14.6. The number of hydrogen-bond donors (Lipinski definition) is 4. The highest BCUT2D eigenvalue weighted by Gasteiger charge is 2.23. The predicted molar refractivity (Wildman–Crippen MR) is 167 cm³/mol. The summed E-state index contributed by atoms with van der Waals surface area (Å²) in [6.07, 6.45) is 2.35. The number of para-hydroxylation sites is 1. The van der Waals surface area contributed by atoms with Crippen molar-refractivity contribution in [1.29, 1.82) is 0 Å². The monoisotopic (exact) mass is 587 g/mol. The minimum absolute atomic E-state index is 0.0540. The molecular formula is C34H41N3O6. The number of aliphatic hydroxyl groups excluding tert-OH is 1. The molecule has 1 atom stereocenters. The van der Waals surface area contributed by atoms with Crippen LogP contribution < -0.4 is 10.2 Å². The summed E-state index contributed by atoms with van der Waals surface area (Å²) in [4.78, 5) is 37.1. The zero-order valence-corrected chi connectivity index (χ0v) is 24.5. The quantitative estimate of drug-likeness (QED) is 0.182. The fourth-order valence-corrected chi connectivity index (χ4v) is 5.03. The first kappa shape index (κ1) is 33.0. The van der Waals surface area contributed by atoms with E-state index in [1.165, 1.54) is 0 Å². The van der Waals surface area contributed by atoms with Crippen LogP contribution in [0.4, 0.5) is 5.69 Å². The van der Waals surface area contributed by atoms with Gasteiger partial charge in [0.15, 0.2) is 0 Å². The van der Waals surface area contributed by atoms with Crippen LogP contribution in [0.25, 0.3) is 0 Å². The summed E-state index contributed by atoms with van der Waals surface area (Å²) < 4.78 is 0. The lowest BCUT2D eigenvalue weighted by molar-refractivity contribution is -0.134. The van der Waals surface area contributed by atoms with E-state index in [4.69, 9.17) is 10.2 Å². The van der Waals surface area contributed by atoms with Crippen LogP contribution in [-0.4, -0.2) is 77.3 Å². The molecule has 3 aromatic carbocycles. The van der Waals surface area contributed by atoms with Crippen molar-refractivity contribution in [2.45, 2.75) is 31.8 Å². The van der Waals surface area contributed by atoms with E-state index in [0.717, 1.165) is 67.9 Å². The van der Waals surface area contributed by atoms with Crippen molar-refractivity contribution in [2.75, 3.05) is 44.2 Å². The Morgan fingerprint density at radius 1 is 0.791 bits per heavy atom. The van der Waals surface area contributed by atoms with E-state index in [1.54, 1.807) is 0 Å². The van der Waals surface area contributed by atoms with Crippen molar-refractivity contribution < 1.29 is 29.7 Å². The Kier molecular flexibility index (Phi) is 13.4. The molecule has 228 valence electrons. The Labute approximate surface area is 253 Å². The van der Waals surface area contributed by atoms with Gasteiger partial charge in [0.25, 0.3) is 0 Å². The molecule has 1 saturated heterocycles. The van der Waals surface area contributed by atoms with Crippen molar-refractivity contribution in [2.24, 2.45) is 0 Å². The lowest BCUT2D eigenvalue weighted by Gasteiger charge is -2.37. The van der Waals surface area contributed by atoms with Gasteiger partial charge in [-0.15, -0.1) is 0 Å². The Balaban J connectivity index is 0.000000557. The number of anilines is 1. The summed E-state index contributed by atoms with van der Waals surface area (Å²) in [5.74, 6) is -2.75. The number of nitrogens with one attached hydrogen (secondary N) is 1. The molecular weight excluding hydrogens is 546 g/mol. The molecule has 1 unspecified atom stereocenters. The van der Waals surface area contributed by atoms with Crippen LogP contribution in [0.3, 0.4) is 0 Å². The number of aliphatic carboxylic acids is 2. The molecule has 0 radical (unpaired) electrons. The molecule has 9 heteroatoms. The third kappa shape index (κ3) is 10.7. The summed E-state index contributed by atoms with van der Waals surface area (Å²) in [7, 11) is 0. The van der Waals surface area contributed by atoms with Gasteiger partial charge in [-0.1, -0.05) is 85.8 Å². The Hall–Kier alpha value is -4.47. The largest absolute Gasteiger partial charge is 0.478 e. The molecule has 3 aromatic rings. The number of nitrogens with zero attached hydrogens (tertiary/aromatic N) is 2. The normalized spacial score (nSPS) is 14.2. The van der Waals surface area contributed by atoms with Crippen LogP contribution >= 0.6 is 0 Å². The molecule has 9 nitrogen and oxygen atoms in total. The summed E-state index contributed by atoms with van der Waals surface area (Å²) in [5.41, 5.74) is 4.21. The lowest BCUT2D eigenvalue weighted by atomic mass is 9.90. The molecule has 1 amide bonds. The lowest BCUT2D eigenvalue weighted by Crippen LogP contribution is -2.47. The number of hydrogen-bond acceptors (Lipinski definition) is 6. The zero-order chi connectivity index (χ0) is 31.0. The Morgan fingerprint density at radius 3 is 1.81 bits per heavy atom. The first-order valence-electron chi connectivity index (χ1n) is 14.6. The minimum atomic E-state index is -1.26. The average molecular weight is 588 g/mol. The maximum atomic E-state index is 13.2. The number of carboxylic acids is 2. The molecule has 0 bridgehead atoms. The van der Waals surface area contributed by atoms with Gasteiger partial charge in [0.05, 0.1) is 12.0 Å². The standard InChI is InChI=1S/C30H37N3O2.C4H4O4/c1-2-28(34)26-16-9-10-17-27(26)33-22-20-32(21-23-33)19-11-18-31-30(35)29(24-12-5-3-6-13-24)25-14-7-4-8-15-25;5-3(6)1-2-4(7)8/h3-10,12-17,28-29,34H,2,11,18-23H2,1H3,(H,31,35);1-2H,(H,5,6)(H,7,8)/b;2-1+. The number of aliphatic hydroxyl groups is 1. The van der Waals surface area contributed by atoms with Crippen molar-refractivity contribution in [1.82, 2.24) is 10.2 Å². The predicted octanol–water partition coefficient (Wildman–Crippen LogP) is 4.30. The molecule has 4 rings (SSSR count). The van der Waals surface area contributed by atoms with Crippen molar-refractivity contribution in [3.05, 3.63) is 114 Å². The number of carbonyl (C=O) groups is 3. The van der Waals surface area contributed by atoms with Gasteiger partial charge in [0.2, 0.25) is 5.91 Å². The Morgan fingerprint density at radius 2 is 1.30 bits per heavy atom. The van der Waals surface area contributed by atoms with Crippen LogP contribution in [0.15, 0.2) is 97.1 Å². The molecule has 0 spiro atoms. The number of carboxylic acid groups (broad SMARTS) is 2. The molecule has 1 aliphatic heterocycles. The van der Waals surface area contributed by atoms with Gasteiger partial charge in [-0.2, -0.15) is 0 Å². The van der Waals surface area contributed by atoms with E-state index in [1.807, 2.05) is 79.7 Å². The van der Waals surface area contributed by atoms with E-state index in [9.17, 15) is 19.5 Å². The van der Waals surface area contributed by atoms with Gasteiger partial charge in [-0.3, -0.25) is 9.69 Å². The summed E-state index contributed by atoms with van der Waals surface area (Å²) >= 11 is 0. The Bertz CT molecular complexity index is 1270. The van der Waals surface area contributed by atoms with E-state index < -0.39 is 18.0 Å². The second-order valence-electron chi connectivity index (χ2n) is 10.2. The second kappa shape index (κ2) is 17.5. The average Bonchev–Trinajstić information content (AvgIpc) is 3.03. The molecule has 1 fully saturated rings. The fraction of sp³-hybridized carbons (Fsp3) is 0.324. The topological polar surface area (TPSA) is 130 Å². The maximum Gasteiger partial charge on any atom is 0.328 e. The van der Waals surface area contributed by atoms with Gasteiger partial charge >= 0.3 is 11.9 Å². The second-order valence-corrected chi connectivity index (χ2v) is 10.2. The van der Waals surface area contributed by atoms with Crippen molar-refractivity contribution >= 4 is 23.5 Å². The SMILES string of the molecule is CCC(O)c1ccccc1N1CCN(CCCNC(=O)C(c2ccccc2)c2ccccc2)CC1.O=C(O)/C=C/C(=O)O. The summed E-state index contributed by atoms with van der Waals surface area (Å²) in [5, 5.41) is 29.2. The third-order valence-corrected chi connectivity index (χ3v) is 7.24. The van der Waals surface area contributed by atoms with Gasteiger partial charge in [-0.05, 0) is 36.6 Å². The zero-order valence-electron chi connectivity index (χ0n) is 24.5. The van der Waals surface area contributed by atoms with E-state index in [0.29, 0.717) is 18.7 Å². The number of amides is 1. The van der Waals surface area contributed by atoms with Gasteiger partial charge < -0.3 is 25.5 Å². The highest BCUT2D eigenvalue weighted by atomic mass is 16.4. The molecule has 4 N–H and O–H groups in total. The summed E-state index contributed by atoms with van der Waals surface area (Å²) in [6, 6.07) is 28.2. The van der Waals surface area contributed by atoms with Crippen molar-refractivity contribution in [3.8, 4) is 0 Å². The number of piperazine rings is 1. The van der Waals surface area contributed by atoms with Crippen LogP contribution in [0, 0.1) is 0 Å². The highest BCUT2D eigenvalue weighted by Crippen LogP contribution is 2.29. The first-order chi connectivity index (χ1) is 20.8. The minimum Gasteiger partial charge on any atom is -0.478 e. The smallest absolute Gasteiger partial charge is 0.328 e. The third-order valence-electron chi connectivity index (χ3n) is 7.24. The highest BCUT2D eigenvalue weighted by molar-refractivity contribution is 5.89. The van der Waals surface area contributed by atoms with Crippen LogP contribution in [0.1, 0.15) is 48.5 Å². The van der Waals surface area contributed by atoms with E-state index in [-0.39, 0.29) is 11.8 Å². The maximum absolute atomic E-state index is 13.2. The van der Waals surface area contributed by atoms with Gasteiger partial charge in [0, 0.05) is 56.1 Å². The fourth-order valence-electron chi connectivity index (χ4n) is 5.03. The van der Waals surface area contributed by atoms with Gasteiger partial charge in [0.1, 0.15) is 0 Å². The number of rotatable bonds is 12. The summed E-state index contributed by atoms with van der Waals surface area (Å²) in [6.45, 7) is 7.52. The van der Waals surface area contributed by atoms with Crippen LogP contribution in [0.2, 0.25) is 0 Å². The molecule has 0 aliphatic carbocycles. The van der Waals surface area contributed by atoms with Crippen LogP contribution in [-0.2, 0) is 14.4 Å². The molecule has 0 aromatic heterocycles. The molecule has 43 heavy (non-hydrogen) atoms. The number of carbonyl (C=O) groups excluding carboxylic acids is 1.